The van der Waals surface area contributed by atoms with Crippen LogP contribution in [0.2, 0.25) is 0 Å². The minimum Gasteiger partial charge on any atom is -0.493 e. The molecule has 2 aromatic heterocycles. The van der Waals surface area contributed by atoms with Crippen molar-refractivity contribution in [3.05, 3.63) is 50.9 Å². The van der Waals surface area contributed by atoms with Crippen molar-refractivity contribution in [2.24, 2.45) is 5.92 Å². The second-order valence-electron chi connectivity index (χ2n) is 7.67. The zero-order valence-electron chi connectivity index (χ0n) is 17.3. The lowest BCUT2D eigenvalue weighted by Crippen LogP contribution is -2.18. The maximum atomic E-state index is 12.8. The van der Waals surface area contributed by atoms with Crippen molar-refractivity contribution in [3.63, 3.8) is 0 Å². The van der Waals surface area contributed by atoms with Gasteiger partial charge in [0.1, 0.15) is 16.4 Å². The molecule has 0 aliphatic heterocycles. The number of H-pyrrole nitrogens is 1. The van der Waals surface area contributed by atoms with E-state index in [9.17, 15) is 9.59 Å². The van der Waals surface area contributed by atoms with Gasteiger partial charge in [0.2, 0.25) is 0 Å². The number of nitrogens with one attached hydrogen (secondary N) is 2. The van der Waals surface area contributed by atoms with Crippen molar-refractivity contribution in [1.29, 1.82) is 0 Å². The highest BCUT2D eigenvalue weighted by Gasteiger charge is 2.19. The van der Waals surface area contributed by atoms with E-state index in [0.717, 1.165) is 5.75 Å². The number of carbonyl (C=O) groups is 1. The third-order valence-corrected chi connectivity index (χ3v) is 5.40. The summed E-state index contributed by atoms with van der Waals surface area (Å²) in [6.07, 6.45) is 0. The Morgan fingerprint density at radius 2 is 1.97 bits per heavy atom. The molecular weight excluding hydrogens is 388 g/mol. The van der Waals surface area contributed by atoms with E-state index in [1.165, 1.54) is 11.3 Å². The predicted molar refractivity (Wildman–Crippen MR) is 117 cm³/mol. The first-order valence-electron chi connectivity index (χ1n) is 9.46. The molecule has 0 unspecified atom stereocenters. The number of carbonyl (C=O) groups excluding carboxylic acids is 1. The Morgan fingerprint density at radius 1 is 1.28 bits per heavy atom. The van der Waals surface area contributed by atoms with Crippen molar-refractivity contribution in [3.8, 4) is 5.75 Å². The van der Waals surface area contributed by atoms with Gasteiger partial charge < -0.3 is 19.9 Å². The molecule has 2 heterocycles. The number of thiophene rings is 1. The van der Waals surface area contributed by atoms with Crippen LogP contribution >= 0.6 is 11.3 Å². The largest absolute Gasteiger partial charge is 0.493 e. The standard InChI is InChI=1S/C21H26N4O3S/c1-12(2)11-28-15-8-6-14(7-9-15)22-20(27)18-13(3)17-19(26)23-16(10-25(4)5)24-21(17)29-18/h6-9,12H,10-11H2,1-5H3,(H,22,27)(H,23,24,26). The fourth-order valence-electron chi connectivity index (χ4n) is 2.86. The normalized spacial score (nSPS) is 11.4. The number of aromatic amines is 1. The molecule has 0 spiro atoms. The summed E-state index contributed by atoms with van der Waals surface area (Å²) >= 11 is 1.23. The van der Waals surface area contributed by atoms with Crippen LogP contribution in [0.4, 0.5) is 5.69 Å². The van der Waals surface area contributed by atoms with Gasteiger partial charge in [-0.3, -0.25) is 9.59 Å². The Bertz CT molecular complexity index is 1070. The fourth-order valence-corrected chi connectivity index (χ4v) is 3.96. The zero-order valence-corrected chi connectivity index (χ0v) is 18.1. The minimum absolute atomic E-state index is 0.216. The van der Waals surface area contributed by atoms with Crippen molar-refractivity contribution < 1.29 is 9.53 Å². The van der Waals surface area contributed by atoms with Gasteiger partial charge in [0.15, 0.2) is 0 Å². The SMILES string of the molecule is Cc1c(C(=O)Nc2ccc(OCC(C)C)cc2)sc2nc(CN(C)C)[nH]c(=O)c12. The van der Waals surface area contributed by atoms with Crippen LogP contribution in [0.1, 0.15) is 34.9 Å². The van der Waals surface area contributed by atoms with Gasteiger partial charge in [-0.05, 0) is 56.8 Å². The third kappa shape index (κ3) is 5.02. The molecule has 1 amide bonds. The molecule has 0 fully saturated rings. The van der Waals surface area contributed by atoms with E-state index in [4.69, 9.17) is 4.74 Å². The van der Waals surface area contributed by atoms with Gasteiger partial charge in [-0.1, -0.05) is 13.8 Å². The maximum Gasteiger partial charge on any atom is 0.266 e. The summed E-state index contributed by atoms with van der Waals surface area (Å²) < 4.78 is 5.66. The molecule has 2 N–H and O–H groups in total. The Balaban J connectivity index is 1.81. The molecule has 8 heteroatoms. The average molecular weight is 415 g/mol. The van der Waals surface area contributed by atoms with E-state index in [-0.39, 0.29) is 11.5 Å². The summed E-state index contributed by atoms with van der Waals surface area (Å²) in [6, 6.07) is 7.26. The van der Waals surface area contributed by atoms with Crippen LogP contribution in [0.3, 0.4) is 0 Å². The van der Waals surface area contributed by atoms with Gasteiger partial charge in [0.25, 0.3) is 11.5 Å². The lowest BCUT2D eigenvalue weighted by atomic mass is 10.2. The van der Waals surface area contributed by atoms with E-state index in [0.29, 0.717) is 51.2 Å². The van der Waals surface area contributed by atoms with Gasteiger partial charge in [-0.15, -0.1) is 11.3 Å². The van der Waals surface area contributed by atoms with Crippen LogP contribution in [0.25, 0.3) is 10.2 Å². The first-order chi connectivity index (χ1) is 13.7. The van der Waals surface area contributed by atoms with E-state index >= 15 is 0 Å². The zero-order chi connectivity index (χ0) is 21.1. The monoisotopic (exact) mass is 414 g/mol. The van der Waals surface area contributed by atoms with Crippen LogP contribution in [0, 0.1) is 12.8 Å². The molecule has 3 aromatic rings. The molecule has 3 rings (SSSR count). The number of aryl methyl sites for hydroxylation is 1. The number of aromatic nitrogens is 2. The van der Waals surface area contributed by atoms with Crippen LogP contribution in [-0.4, -0.2) is 41.5 Å². The number of anilines is 1. The fraction of sp³-hybridized carbons (Fsp3) is 0.381. The summed E-state index contributed by atoms with van der Waals surface area (Å²) in [7, 11) is 3.81. The Morgan fingerprint density at radius 3 is 2.59 bits per heavy atom. The smallest absolute Gasteiger partial charge is 0.266 e. The molecule has 1 aromatic carbocycles. The summed E-state index contributed by atoms with van der Waals surface area (Å²) in [5.74, 6) is 1.53. The lowest BCUT2D eigenvalue weighted by Gasteiger charge is -2.09. The Labute approximate surface area is 173 Å². The first kappa shape index (κ1) is 21.0. The molecule has 0 saturated carbocycles. The number of hydrogen-bond donors (Lipinski definition) is 2. The number of ether oxygens (including phenoxy) is 1. The average Bonchev–Trinajstić information content (AvgIpc) is 2.97. The lowest BCUT2D eigenvalue weighted by molar-refractivity contribution is 0.103. The summed E-state index contributed by atoms with van der Waals surface area (Å²) in [5, 5.41) is 3.36. The number of hydrogen-bond acceptors (Lipinski definition) is 6. The van der Waals surface area contributed by atoms with Crippen LogP contribution < -0.4 is 15.6 Å². The minimum atomic E-state index is -0.255. The number of benzene rings is 1. The molecular formula is C21H26N4O3S. The molecule has 154 valence electrons. The molecule has 0 bridgehead atoms. The molecule has 0 atom stereocenters. The number of amides is 1. The van der Waals surface area contributed by atoms with Gasteiger partial charge in [-0.2, -0.15) is 0 Å². The molecule has 0 aliphatic rings. The van der Waals surface area contributed by atoms with Crippen LogP contribution in [0.15, 0.2) is 29.1 Å². The second-order valence-corrected chi connectivity index (χ2v) is 8.67. The van der Waals surface area contributed by atoms with Crippen LogP contribution in [-0.2, 0) is 6.54 Å². The highest BCUT2D eigenvalue weighted by atomic mass is 32.1. The number of rotatable bonds is 7. The van der Waals surface area contributed by atoms with Gasteiger partial charge in [-0.25, -0.2) is 4.98 Å². The highest BCUT2D eigenvalue weighted by Crippen LogP contribution is 2.28. The van der Waals surface area contributed by atoms with Crippen molar-refractivity contribution >= 4 is 33.1 Å². The van der Waals surface area contributed by atoms with Crippen molar-refractivity contribution in [2.45, 2.75) is 27.3 Å². The topological polar surface area (TPSA) is 87.3 Å². The summed E-state index contributed by atoms with van der Waals surface area (Å²) in [5.41, 5.74) is 1.09. The predicted octanol–water partition coefficient (Wildman–Crippen LogP) is 3.64. The van der Waals surface area contributed by atoms with Crippen molar-refractivity contribution in [1.82, 2.24) is 14.9 Å². The molecule has 29 heavy (non-hydrogen) atoms. The van der Waals surface area contributed by atoms with Gasteiger partial charge in [0, 0.05) is 5.69 Å². The molecule has 0 saturated heterocycles. The molecule has 0 aliphatic carbocycles. The second kappa shape index (κ2) is 8.75. The number of nitrogens with zero attached hydrogens (tertiary/aromatic N) is 2. The van der Waals surface area contributed by atoms with E-state index < -0.39 is 0 Å². The van der Waals surface area contributed by atoms with E-state index in [1.54, 1.807) is 19.1 Å². The molecule has 0 radical (unpaired) electrons. The Hall–Kier alpha value is -2.71. The van der Waals surface area contributed by atoms with Crippen LogP contribution in [0.5, 0.6) is 5.75 Å². The quantitative estimate of drug-likeness (QED) is 0.616. The van der Waals surface area contributed by atoms with Gasteiger partial charge >= 0.3 is 0 Å². The summed E-state index contributed by atoms with van der Waals surface area (Å²) in [6.45, 7) is 7.12. The maximum absolute atomic E-state index is 12.8. The van der Waals surface area contributed by atoms with E-state index in [1.807, 2.05) is 31.1 Å². The molecule has 7 nitrogen and oxygen atoms in total. The van der Waals surface area contributed by atoms with Crippen molar-refractivity contribution in [2.75, 3.05) is 26.0 Å². The highest BCUT2D eigenvalue weighted by molar-refractivity contribution is 7.20. The summed E-state index contributed by atoms with van der Waals surface area (Å²) in [4.78, 5) is 35.6. The first-order valence-corrected chi connectivity index (χ1v) is 10.3. The van der Waals surface area contributed by atoms with E-state index in [2.05, 4.69) is 29.1 Å². The third-order valence-electron chi connectivity index (χ3n) is 4.22. The Kier molecular flexibility index (Phi) is 6.34. The number of fused-ring (bicyclic) bond motifs is 1. The van der Waals surface area contributed by atoms with Gasteiger partial charge in [0.05, 0.1) is 23.4 Å².